The fourth-order valence-corrected chi connectivity index (χ4v) is 4.99. The van der Waals surface area contributed by atoms with Gasteiger partial charge in [-0.05, 0) is 30.0 Å². The van der Waals surface area contributed by atoms with E-state index in [4.69, 9.17) is 0 Å². The summed E-state index contributed by atoms with van der Waals surface area (Å²) in [6, 6.07) is 18.7. The highest BCUT2D eigenvalue weighted by Crippen LogP contribution is 2.37. The van der Waals surface area contributed by atoms with Gasteiger partial charge in [0.15, 0.2) is 0 Å². The SMILES string of the molecule is O=[NH+]C1=C(SCCc2ccccc2)SCCc2ccccc21. The molecule has 1 heterocycles. The van der Waals surface area contributed by atoms with E-state index in [2.05, 4.69) is 35.5 Å². The van der Waals surface area contributed by atoms with Gasteiger partial charge in [-0.3, -0.25) is 0 Å². The molecule has 3 rings (SSSR count). The van der Waals surface area contributed by atoms with E-state index >= 15 is 0 Å². The maximum atomic E-state index is 11.5. The molecule has 0 saturated carbocycles. The van der Waals surface area contributed by atoms with Crippen molar-refractivity contribution in [3.63, 3.8) is 0 Å². The molecule has 2 aromatic rings. The number of nitroso groups, excluding NO2 is 1. The lowest BCUT2D eigenvalue weighted by molar-refractivity contribution is -0.369. The summed E-state index contributed by atoms with van der Waals surface area (Å²) >= 11 is 3.57. The third-order valence-electron chi connectivity index (χ3n) is 3.66. The molecule has 0 radical (unpaired) electrons. The summed E-state index contributed by atoms with van der Waals surface area (Å²) in [5.74, 6) is 2.01. The van der Waals surface area contributed by atoms with Gasteiger partial charge in [0, 0.05) is 21.6 Å². The molecule has 0 bridgehead atoms. The van der Waals surface area contributed by atoms with Gasteiger partial charge in [-0.25, -0.2) is 0 Å². The van der Waals surface area contributed by atoms with E-state index in [0.717, 1.165) is 39.8 Å². The standard InChI is InChI=1S/C18H17NOS2/c20-19-17-16-9-5-4-8-15(16)11-13-22-18(17)21-12-10-14-6-2-1-3-7-14/h1-9H,10-13H2/p+1. The van der Waals surface area contributed by atoms with Crippen LogP contribution in [0.25, 0.3) is 5.70 Å². The Morgan fingerprint density at radius 2 is 1.82 bits per heavy atom. The van der Waals surface area contributed by atoms with E-state index in [-0.39, 0.29) is 0 Å². The fourth-order valence-electron chi connectivity index (χ4n) is 2.53. The maximum absolute atomic E-state index is 11.5. The average molecular weight is 328 g/mol. The number of hydrogen-bond donors (Lipinski definition) is 1. The van der Waals surface area contributed by atoms with E-state index in [1.54, 1.807) is 23.5 Å². The highest BCUT2D eigenvalue weighted by Gasteiger charge is 2.23. The minimum absolute atomic E-state index is 0.746. The number of aryl methyl sites for hydroxylation is 2. The molecular formula is C18H18NOS2+. The smallest absolute Gasteiger partial charge is 0.112 e. The van der Waals surface area contributed by atoms with Crippen molar-refractivity contribution < 1.29 is 5.18 Å². The fraction of sp³-hybridized carbons (Fsp3) is 0.222. The largest absolute Gasteiger partial charge is 0.280 e. The third kappa shape index (κ3) is 3.62. The minimum atomic E-state index is 0.746. The Bertz CT molecular complexity index is 682. The molecule has 4 heteroatoms. The Hall–Kier alpha value is -1.52. The van der Waals surface area contributed by atoms with Crippen LogP contribution in [0, 0.1) is 4.91 Å². The molecule has 0 fully saturated rings. The molecule has 22 heavy (non-hydrogen) atoms. The summed E-state index contributed by atoms with van der Waals surface area (Å²) < 4.78 is 1.12. The molecule has 0 aliphatic carbocycles. The summed E-state index contributed by atoms with van der Waals surface area (Å²) in [5.41, 5.74) is 4.40. The van der Waals surface area contributed by atoms with Gasteiger partial charge in [0.2, 0.25) is 0 Å². The summed E-state index contributed by atoms with van der Waals surface area (Å²) in [4.78, 5) is 11.5. The molecule has 0 aromatic heterocycles. The Labute approximate surface area is 139 Å². The molecular weight excluding hydrogens is 310 g/mol. The molecule has 2 nitrogen and oxygen atoms in total. The van der Waals surface area contributed by atoms with Crippen LogP contribution < -0.4 is 5.18 Å². The zero-order valence-electron chi connectivity index (χ0n) is 12.2. The second-order valence-electron chi connectivity index (χ2n) is 5.10. The summed E-state index contributed by atoms with van der Waals surface area (Å²) in [5, 5.41) is 2.19. The van der Waals surface area contributed by atoms with E-state index in [1.165, 1.54) is 11.1 Å². The van der Waals surface area contributed by atoms with Crippen LogP contribution in [0.15, 0.2) is 58.8 Å². The van der Waals surface area contributed by atoms with E-state index in [1.807, 2.05) is 24.3 Å². The van der Waals surface area contributed by atoms with Gasteiger partial charge in [0.05, 0.1) is 5.56 Å². The third-order valence-corrected chi connectivity index (χ3v) is 6.12. The predicted octanol–water partition coefficient (Wildman–Crippen LogP) is 3.42. The van der Waals surface area contributed by atoms with Crippen LogP contribution in [0.5, 0.6) is 0 Å². The van der Waals surface area contributed by atoms with Crippen LogP contribution in [-0.2, 0) is 12.8 Å². The maximum Gasteiger partial charge on any atom is 0.280 e. The van der Waals surface area contributed by atoms with Crippen molar-refractivity contribution in [2.24, 2.45) is 0 Å². The summed E-state index contributed by atoms with van der Waals surface area (Å²) in [6.07, 6.45) is 2.03. The number of benzene rings is 2. The highest BCUT2D eigenvalue weighted by molar-refractivity contribution is 8.22. The Morgan fingerprint density at radius 1 is 1.05 bits per heavy atom. The first-order valence-corrected chi connectivity index (χ1v) is 9.36. The normalized spacial score (nSPS) is 14.4. The average Bonchev–Trinajstić information content (AvgIpc) is 2.74. The zero-order valence-corrected chi connectivity index (χ0v) is 13.9. The molecule has 0 spiro atoms. The molecule has 1 aliphatic rings. The first kappa shape index (κ1) is 15.4. The first-order valence-electron chi connectivity index (χ1n) is 7.38. The number of fused-ring (bicyclic) bond motifs is 1. The van der Waals surface area contributed by atoms with Crippen molar-refractivity contribution in [3.05, 3.63) is 80.4 Å². The number of hydrogen-bond acceptors (Lipinski definition) is 3. The number of thioether (sulfide) groups is 2. The molecule has 0 saturated heterocycles. The quantitative estimate of drug-likeness (QED) is 0.912. The van der Waals surface area contributed by atoms with Crippen molar-refractivity contribution in [2.45, 2.75) is 12.8 Å². The van der Waals surface area contributed by atoms with Crippen LogP contribution in [0.4, 0.5) is 0 Å². The molecule has 1 N–H and O–H groups in total. The van der Waals surface area contributed by atoms with Gasteiger partial charge in [0.1, 0.15) is 4.24 Å². The Morgan fingerprint density at radius 3 is 2.64 bits per heavy atom. The van der Waals surface area contributed by atoms with Crippen molar-refractivity contribution >= 4 is 29.2 Å². The van der Waals surface area contributed by atoms with Crippen molar-refractivity contribution in [1.29, 1.82) is 0 Å². The highest BCUT2D eigenvalue weighted by atomic mass is 32.2. The Kier molecular flexibility index (Phi) is 5.35. The second kappa shape index (κ2) is 7.65. The van der Waals surface area contributed by atoms with Gasteiger partial charge < -0.3 is 0 Å². The van der Waals surface area contributed by atoms with Crippen LogP contribution in [0.2, 0.25) is 0 Å². The molecule has 0 unspecified atom stereocenters. The van der Waals surface area contributed by atoms with Crippen LogP contribution in [0.3, 0.4) is 0 Å². The van der Waals surface area contributed by atoms with E-state index < -0.39 is 0 Å². The zero-order chi connectivity index (χ0) is 15.2. The van der Waals surface area contributed by atoms with Crippen LogP contribution in [-0.4, -0.2) is 11.5 Å². The number of rotatable bonds is 5. The second-order valence-corrected chi connectivity index (χ2v) is 7.57. The predicted molar refractivity (Wildman–Crippen MR) is 96.5 cm³/mol. The summed E-state index contributed by atoms with van der Waals surface area (Å²) in [7, 11) is 0. The lowest BCUT2D eigenvalue weighted by atomic mass is 10.0. The molecule has 1 aliphatic heterocycles. The van der Waals surface area contributed by atoms with Gasteiger partial charge in [-0.15, -0.1) is 23.5 Å². The molecule has 2 aromatic carbocycles. The van der Waals surface area contributed by atoms with E-state index in [0.29, 0.717) is 0 Å². The van der Waals surface area contributed by atoms with Gasteiger partial charge >= 0.3 is 0 Å². The summed E-state index contributed by atoms with van der Waals surface area (Å²) in [6.45, 7) is 0. The topological polar surface area (TPSA) is 31.0 Å². The molecule has 112 valence electrons. The lowest BCUT2D eigenvalue weighted by Gasteiger charge is -2.04. The van der Waals surface area contributed by atoms with Crippen LogP contribution >= 0.6 is 23.5 Å². The van der Waals surface area contributed by atoms with Crippen molar-refractivity contribution in [2.75, 3.05) is 11.5 Å². The van der Waals surface area contributed by atoms with Crippen molar-refractivity contribution in [3.8, 4) is 0 Å². The molecule has 0 amide bonds. The molecule has 0 atom stereocenters. The Balaban J connectivity index is 1.76. The van der Waals surface area contributed by atoms with Gasteiger partial charge in [-0.2, -0.15) is 0 Å². The van der Waals surface area contributed by atoms with Gasteiger partial charge in [-0.1, -0.05) is 48.5 Å². The monoisotopic (exact) mass is 328 g/mol. The number of nitrogens with one attached hydrogen (secondary N) is 1. The first-order chi connectivity index (χ1) is 10.9. The minimum Gasteiger partial charge on any atom is -0.112 e. The van der Waals surface area contributed by atoms with Crippen LogP contribution in [0.1, 0.15) is 16.7 Å². The van der Waals surface area contributed by atoms with Gasteiger partial charge in [0.25, 0.3) is 5.70 Å². The lowest BCUT2D eigenvalue weighted by Crippen LogP contribution is -2.60. The van der Waals surface area contributed by atoms with E-state index in [9.17, 15) is 4.91 Å². The van der Waals surface area contributed by atoms with Crippen molar-refractivity contribution in [1.82, 2.24) is 0 Å².